The summed E-state index contributed by atoms with van der Waals surface area (Å²) in [6.45, 7) is 1.50. The summed E-state index contributed by atoms with van der Waals surface area (Å²) in [6, 6.07) is 16.9. The molecule has 0 spiro atoms. The van der Waals surface area contributed by atoms with Crippen LogP contribution in [0.15, 0.2) is 70.0 Å². The molecular formula is C28H21BrCl2N2O6S. The third kappa shape index (κ3) is 7.25. The number of nitrogens with zero attached hydrogens (tertiary/aromatic N) is 1. The smallest absolute Gasteiger partial charge is 0.339 e. The van der Waals surface area contributed by atoms with Crippen LogP contribution < -0.4 is 10.1 Å². The molecule has 0 aliphatic carbocycles. The Balaban J connectivity index is 1.47. The van der Waals surface area contributed by atoms with Gasteiger partial charge in [0, 0.05) is 26.3 Å². The molecule has 1 heterocycles. The van der Waals surface area contributed by atoms with Crippen LogP contribution in [-0.2, 0) is 20.9 Å². The Morgan fingerprint density at radius 3 is 2.58 bits per heavy atom. The number of anilines is 1. The zero-order valence-electron chi connectivity index (χ0n) is 20.9. The highest BCUT2D eigenvalue weighted by Crippen LogP contribution is 2.35. The summed E-state index contributed by atoms with van der Waals surface area (Å²) in [5.41, 5.74) is 1.69. The van der Waals surface area contributed by atoms with E-state index in [1.54, 1.807) is 37.3 Å². The molecule has 0 atom stereocenters. The van der Waals surface area contributed by atoms with E-state index in [1.165, 1.54) is 18.2 Å². The van der Waals surface area contributed by atoms with Crippen LogP contribution in [0.3, 0.4) is 0 Å². The monoisotopic (exact) mass is 662 g/mol. The number of benzene rings is 3. The minimum absolute atomic E-state index is 0.0806. The van der Waals surface area contributed by atoms with Gasteiger partial charge in [-0.3, -0.25) is 19.3 Å². The third-order valence-corrected chi connectivity index (χ3v) is 7.62. The number of amides is 3. The Labute approximate surface area is 252 Å². The number of esters is 1. The van der Waals surface area contributed by atoms with Crippen LogP contribution in [0.25, 0.3) is 6.08 Å². The topological polar surface area (TPSA) is 102 Å². The van der Waals surface area contributed by atoms with Crippen molar-refractivity contribution in [1.29, 1.82) is 0 Å². The van der Waals surface area contributed by atoms with Gasteiger partial charge in [-0.1, -0.05) is 57.3 Å². The first-order valence-electron chi connectivity index (χ1n) is 11.8. The van der Waals surface area contributed by atoms with E-state index in [0.29, 0.717) is 16.3 Å². The lowest BCUT2D eigenvalue weighted by atomic mass is 10.1. The first-order valence-corrected chi connectivity index (χ1v) is 14.2. The fourth-order valence-electron chi connectivity index (χ4n) is 3.62. The van der Waals surface area contributed by atoms with E-state index in [-0.39, 0.29) is 34.4 Å². The molecule has 3 amide bonds. The van der Waals surface area contributed by atoms with Crippen LogP contribution in [0, 0.1) is 0 Å². The van der Waals surface area contributed by atoms with Crippen LogP contribution in [0.1, 0.15) is 28.4 Å². The summed E-state index contributed by atoms with van der Waals surface area (Å²) in [6.07, 6.45) is 1.54. The van der Waals surface area contributed by atoms with Gasteiger partial charge in [-0.05, 0) is 67.2 Å². The largest absolute Gasteiger partial charge is 0.488 e. The fraction of sp³-hybridized carbons (Fsp3) is 0.143. The Morgan fingerprint density at radius 1 is 1.05 bits per heavy atom. The number of thioether (sulfide) groups is 1. The van der Waals surface area contributed by atoms with Crippen molar-refractivity contribution in [2.75, 3.05) is 18.5 Å². The highest BCUT2D eigenvalue weighted by atomic mass is 79.9. The van der Waals surface area contributed by atoms with Crippen LogP contribution in [0.4, 0.5) is 10.5 Å². The molecular weight excluding hydrogens is 643 g/mol. The molecule has 0 aromatic heterocycles. The molecule has 3 aromatic rings. The molecule has 12 heteroatoms. The van der Waals surface area contributed by atoms with Crippen molar-refractivity contribution >= 4 is 85.7 Å². The summed E-state index contributed by atoms with van der Waals surface area (Å²) in [7, 11) is 0. The average Bonchev–Trinajstić information content (AvgIpc) is 3.17. The second-order valence-electron chi connectivity index (χ2n) is 8.29. The van der Waals surface area contributed by atoms with Gasteiger partial charge in [-0.2, -0.15) is 0 Å². The first-order chi connectivity index (χ1) is 19.2. The zero-order chi connectivity index (χ0) is 28.8. The predicted molar refractivity (Wildman–Crippen MR) is 159 cm³/mol. The third-order valence-electron chi connectivity index (χ3n) is 5.52. The van der Waals surface area contributed by atoms with Crippen LogP contribution >= 0.6 is 50.9 Å². The van der Waals surface area contributed by atoms with Gasteiger partial charge in [-0.15, -0.1) is 0 Å². The summed E-state index contributed by atoms with van der Waals surface area (Å²) < 4.78 is 11.7. The van der Waals surface area contributed by atoms with E-state index in [1.807, 2.05) is 18.2 Å². The highest BCUT2D eigenvalue weighted by Gasteiger charge is 2.36. The molecule has 8 nitrogen and oxygen atoms in total. The molecule has 1 fully saturated rings. The van der Waals surface area contributed by atoms with Crippen molar-refractivity contribution in [3.8, 4) is 5.75 Å². The quantitative estimate of drug-likeness (QED) is 0.191. The van der Waals surface area contributed by atoms with Gasteiger partial charge in [0.1, 0.15) is 18.9 Å². The van der Waals surface area contributed by atoms with Gasteiger partial charge >= 0.3 is 5.97 Å². The number of carbonyl (C=O) groups is 4. The lowest BCUT2D eigenvalue weighted by Gasteiger charge is -2.13. The van der Waals surface area contributed by atoms with Crippen molar-refractivity contribution in [2.24, 2.45) is 0 Å². The lowest BCUT2D eigenvalue weighted by molar-refractivity contribution is -0.127. The Hall–Kier alpha value is -3.31. The van der Waals surface area contributed by atoms with E-state index in [9.17, 15) is 19.2 Å². The maximum absolute atomic E-state index is 13.1. The van der Waals surface area contributed by atoms with E-state index >= 15 is 0 Å². The van der Waals surface area contributed by atoms with Gasteiger partial charge in [0.15, 0.2) is 0 Å². The van der Waals surface area contributed by atoms with Gasteiger partial charge in [0.2, 0.25) is 5.91 Å². The SMILES string of the molecule is CCOC(=O)c1cc(NC(=O)CN2C(=O)S/C(=C/c3cc(Br)ccc3OCc3ccccc3Cl)C2=O)ccc1Cl. The van der Waals surface area contributed by atoms with E-state index in [0.717, 1.165) is 26.7 Å². The Morgan fingerprint density at radius 2 is 1.82 bits per heavy atom. The number of rotatable bonds is 9. The second kappa shape index (κ2) is 13.4. The minimum atomic E-state index is -0.637. The number of halogens is 3. The van der Waals surface area contributed by atoms with Gasteiger partial charge in [0.25, 0.3) is 11.1 Å². The molecule has 1 aliphatic heterocycles. The molecule has 1 saturated heterocycles. The summed E-state index contributed by atoms with van der Waals surface area (Å²) >= 11 is 16.4. The van der Waals surface area contributed by atoms with E-state index in [4.69, 9.17) is 32.7 Å². The van der Waals surface area contributed by atoms with Crippen LogP contribution in [-0.4, -0.2) is 41.1 Å². The first kappa shape index (κ1) is 29.7. The predicted octanol–water partition coefficient (Wildman–Crippen LogP) is 7.19. The summed E-state index contributed by atoms with van der Waals surface area (Å²) in [5.74, 6) is -1.41. The molecule has 0 bridgehead atoms. The van der Waals surface area contributed by atoms with Gasteiger partial charge in [-0.25, -0.2) is 4.79 Å². The maximum atomic E-state index is 13.1. The Kier molecular flexibility index (Phi) is 9.91. The Bertz CT molecular complexity index is 1530. The molecule has 206 valence electrons. The van der Waals surface area contributed by atoms with Gasteiger partial charge in [0.05, 0.1) is 22.1 Å². The molecule has 3 aromatic carbocycles. The minimum Gasteiger partial charge on any atom is -0.488 e. The number of hydrogen-bond acceptors (Lipinski definition) is 7. The van der Waals surface area contributed by atoms with Gasteiger partial charge < -0.3 is 14.8 Å². The molecule has 0 unspecified atom stereocenters. The highest BCUT2D eigenvalue weighted by molar-refractivity contribution is 9.10. The molecule has 0 saturated carbocycles. The van der Waals surface area contributed by atoms with Crippen molar-refractivity contribution in [1.82, 2.24) is 4.90 Å². The second-order valence-corrected chi connectivity index (χ2v) is 11.0. The van der Waals surface area contributed by atoms with Crippen molar-refractivity contribution in [3.05, 3.63) is 96.8 Å². The number of carbonyl (C=O) groups excluding carboxylic acids is 4. The molecule has 40 heavy (non-hydrogen) atoms. The van der Waals surface area contributed by atoms with Crippen LogP contribution in [0.5, 0.6) is 5.75 Å². The normalized spacial score (nSPS) is 14.0. The average molecular weight is 664 g/mol. The number of imide groups is 1. The molecule has 1 N–H and O–H groups in total. The zero-order valence-corrected chi connectivity index (χ0v) is 24.8. The van der Waals surface area contributed by atoms with Crippen molar-refractivity contribution in [2.45, 2.75) is 13.5 Å². The molecule has 4 rings (SSSR count). The lowest BCUT2D eigenvalue weighted by Crippen LogP contribution is -2.36. The fourth-order valence-corrected chi connectivity index (χ4v) is 5.22. The van der Waals surface area contributed by atoms with E-state index < -0.39 is 29.6 Å². The van der Waals surface area contributed by atoms with Crippen molar-refractivity contribution < 1.29 is 28.7 Å². The molecule has 1 aliphatic rings. The van der Waals surface area contributed by atoms with Crippen LogP contribution in [0.2, 0.25) is 10.0 Å². The number of ether oxygens (including phenoxy) is 2. The number of nitrogens with one attached hydrogen (secondary N) is 1. The standard InChI is InChI=1S/C28H21BrCl2N2O6S/c1-2-38-27(36)20-13-19(8-9-22(20)31)32-25(34)14-33-26(35)24(40-28(33)37)12-17-11-18(29)7-10-23(17)39-15-16-5-3-4-6-21(16)30/h3-13H,2,14-15H2,1H3,(H,32,34)/b24-12+. The maximum Gasteiger partial charge on any atom is 0.339 e. The molecule has 0 radical (unpaired) electrons. The summed E-state index contributed by atoms with van der Waals surface area (Å²) in [5, 5.41) is 2.71. The number of hydrogen-bond donors (Lipinski definition) is 1. The van der Waals surface area contributed by atoms with Crippen molar-refractivity contribution in [3.63, 3.8) is 0 Å². The van der Waals surface area contributed by atoms with E-state index in [2.05, 4.69) is 21.2 Å². The summed E-state index contributed by atoms with van der Waals surface area (Å²) in [4.78, 5) is 51.5.